The van der Waals surface area contributed by atoms with Gasteiger partial charge in [0, 0.05) is 25.7 Å². The van der Waals surface area contributed by atoms with Gasteiger partial charge in [-0.15, -0.1) is 0 Å². The van der Waals surface area contributed by atoms with Gasteiger partial charge in [0.05, 0.1) is 26.4 Å². The Morgan fingerprint density at radius 3 is 0.894 bits per heavy atom. The molecule has 0 radical (unpaired) electrons. The first-order chi connectivity index (χ1) is 40.8. The van der Waals surface area contributed by atoms with Gasteiger partial charge < -0.3 is 33.8 Å². The molecule has 0 aliphatic rings. The zero-order chi connectivity index (χ0) is 63.1. The molecule has 4 unspecified atom stereocenters. The Morgan fingerprint density at radius 2 is 0.600 bits per heavy atom. The summed E-state index contributed by atoms with van der Waals surface area (Å²) in [7, 11) is -9.89. The highest BCUT2D eigenvalue weighted by Crippen LogP contribution is 2.45. The van der Waals surface area contributed by atoms with Crippen molar-refractivity contribution in [3.63, 3.8) is 0 Å². The van der Waals surface area contributed by atoms with E-state index in [-0.39, 0.29) is 25.7 Å². The van der Waals surface area contributed by atoms with Crippen LogP contribution in [0.25, 0.3) is 0 Å². The van der Waals surface area contributed by atoms with Gasteiger partial charge in [0.1, 0.15) is 19.3 Å². The van der Waals surface area contributed by atoms with Crippen molar-refractivity contribution in [2.75, 3.05) is 39.6 Å². The van der Waals surface area contributed by atoms with Gasteiger partial charge in [0.25, 0.3) is 0 Å². The smallest absolute Gasteiger partial charge is 0.462 e. The van der Waals surface area contributed by atoms with E-state index in [4.69, 9.17) is 37.0 Å². The summed E-state index contributed by atoms with van der Waals surface area (Å²) in [5.74, 6) is 0.101. The summed E-state index contributed by atoms with van der Waals surface area (Å²) in [6.45, 7) is 11.7. The van der Waals surface area contributed by atoms with Crippen LogP contribution in [0.5, 0.6) is 0 Å². The Bertz CT molecular complexity index is 1690. The van der Waals surface area contributed by atoms with Crippen LogP contribution in [-0.2, 0) is 65.4 Å². The summed E-state index contributed by atoms with van der Waals surface area (Å²) < 4.78 is 68.0. The van der Waals surface area contributed by atoms with E-state index >= 15 is 0 Å². The summed E-state index contributed by atoms with van der Waals surface area (Å²) >= 11 is 0. The fraction of sp³-hybridized carbons (Fsp3) is 0.939. The molecule has 0 aromatic heterocycles. The lowest BCUT2D eigenvalue weighted by Crippen LogP contribution is -2.30. The number of aliphatic hydroxyl groups excluding tert-OH is 1. The Labute approximate surface area is 517 Å². The summed E-state index contributed by atoms with van der Waals surface area (Å²) in [5.41, 5.74) is 0. The maximum absolute atomic E-state index is 13.0. The van der Waals surface area contributed by atoms with Crippen molar-refractivity contribution < 1.29 is 80.2 Å². The molecule has 504 valence electrons. The molecule has 0 saturated carbocycles. The van der Waals surface area contributed by atoms with E-state index in [0.717, 1.165) is 114 Å². The van der Waals surface area contributed by atoms with E-state index in [9.17, 15) is 43.2 Å². The molecule has 0 heterocycles. The minimum atomic E-state index is -4.95. The average molecular weight is 1260 g/mol. The van der Waals surface area contributed by atoms with Crippen LogP contribution in [0.2, 0.25) is 0 Å². The third-order valence-corrected chi connectivity index (χ3v) is 17.8. The van der Waals surface area contributed by atoms with Crippen molar-refractivity contribution in [3.05, 3.63) is 0 Å². The predicted molar refractivity (Wildman–Crippen MR) is 340 cm³/mol. The lowest BCUT2D eigenvalue weighted by atomic mass is 10.00. The largest absolute Gasteiger partial charge is 0.472 e. The zero-order valence-corrected chi connectivity index (χ0v) is 56.9. The standard InChI is InChI=1S/C66H128O17P2/c1-8-11-12-13-14-20-24-33-40-47-63(68)76-53-62(83-66(71)50-43-36-29-27-32-39-46-59(7)10-3)56-81-85(74,75)79-52-60(67)51-78-84(72,73)80-55-61(54-77-64(69)48-41-34-28-26-31-38-45-58(6)9-2)82-65(70)49-42-35-25-22-19-17-15-16-18-21-23-30-37-44-57(4)5/h57-62,67H,8-56H2,1-7H3,(H,72,73)(H,74,75)/t58?,59?,60-,61-,62-/m1/s1. The number of phosphoric ester groups is 2. The lowest BCUT2D eigenvalue weighted by Gasteiger charge is -2.21. The SMILES string of the molecule is CCCCCCCCCCCC(=O)OC[C@H](COP(=O)(O)OC[C@H](O)COP(=O)(O)OC[C@@H](COC(=O)CCCCCCCCC(C)CC)OC(=O)CCCCCCCCCCCCCCCC(C)C)OC(=O)CCCCCCCCC(C)CC. The van der Waals surface area contributed by atoms with E-state index in [1.165, 1.54) is 128 Å². The molecule has 0 amide bonds. The molecule has 0 spiro atoms. The number of phosphoric acid groups is 2. The average Bonchev–Trinajstić information content (AvgIpc) is 3.62. The first-order valence-corrected chi connectivity index (χ1v) is 37.4. The van der Waals surface area contributed by atoms with Crippen molar-refractivity contribution >= 4 is 39.5 Å². The molecule has 0 aromatic carbocycles. The molecule has 3 N–H and O–H groups in total. The van der Waals surface area contributed by atoms with Gasteiger partial charge in [0.15, 0.2) is 12.2 Å². The van der Waals surface area contributed by atoms with Gasteiger partial charge in [0.2, 0.25) is 0 Å². The van der Waals surface area contributed by atoms with Crippen molar-refractivity contribution in [2.24, 2.45) is 17.8 Å². The zero-order valence-electron chi connectivity index (χ0n) is 55.1. The number of carbonyl (C=O) groups is 4. The fourth-order valence-electron chi connectivity index (χ4n) is 9.77. The fourth-order valence-corrected chi connectivity index (χ4v) is 11.3. The Balaban J connectivity index is 5.23. The van der Waals surface area contributed by atoms with E-state index < -0.39 is 97.5 Å². The van der Waals surface area contributed by atoms with Gasteiger partial charge in [-0.05, 0) is 43.4 Å². The molecule has 7 atom stereocenters. The maximum Gasteiger partial charge on any atom is 0.472 e. The molecule has 0 rings (SSSR count). The molecule has 0 saturated heterocycles. The van der Waals surface area contributed by atoms with Crippen LogP contribution in [0.15, 0.2) is 0 Å². The van der Waals surface area contributed by atoms with Crippen LogP contribution in [0.4, 0.5) is 0 Å². The number of ether oxygens (including phenoxy) is 4. The molecule has 17 nitrogen and oxygen atoms in total. The summed E-state index contributed by atoms with van der Waals surface area (Å²) in [4.78, 5) is 72.3. The van der Waals surface area contributed by atoms with Crippen molar-refractivity contribution in [1.29, 1.82) is 0 Å². The molecular weight excluding hydrogens is 1130 g/mol. The Kier molecular flexibility index (Phi) is 55.9. The number of unbranched alkanes of at least 4 members (excludes halogenated alkanes) is 30. The third kappa shape index (κ3) is 58.2. The Morgan fingerprint density at radius 1 is 0.341 bits per heavy atom. The number of aliphatic hydroxyl groups is 1. The molecular formula is C66H128O17P2. The number of carbonyl (C=O) groups excluding carboxylic acids is 4. The predicted octanol–water partition coefficient (Wildman–Crippen LogP) is 18.3. The van der Waals surface area contributed by atoms with E-state index in [2.05, 4.69) is 48.5 Å². The van der Waals surface area contributed by atoms with Crippen LogP contribution in [0, 0.1) is 17.8 Å². The first kappa shape index (κ1) is 83.1. The van der Waals surface area contributed by atoms with Gasteiger partial charge >= 0.3 is 39.5 Å². The molecule has 0 aliphatic heterocycles. The number of esters is 4. The normalized spacial score (nSPS) is 15.0. The highest BCUT2D eigenvalue weighted by Gasteiger charge is 2.30. The van der Waals surface area contributed by atoms with Crippen LogP contribution in [0.3, 0.4) is 0 Å². The second kappa shape index (κ2) is 57.2. The summed E-state index contributed by atoms with van der Waals surface area (Å²) in [6.07, 6.45) is 39.0. The van der Waals surface area contributed by atoms with Gasteiger partial charge in [-0.25, -0.2) is 9.13 Å². The van der Waals surface area contributed by atoms with Crippen molar-refractivity contribution in [2.45, 2.75) is 343 Å². The molecule has 19 heteroatoms. The van der Waals surface area contributed by atoms with E-state index in [0.29, 0.717) is 25.7 Å². The van der Waals surface area contributed by atoms with Crippen LogP contribution >= 0.6 is 15.6 Å². The highest BCUT2D eigenvalue weighted by molar-refractivity contribution is 7.47. The number of rotatable bonds is 64. The van der Waals surface area contributed by atoms with Crippen molar-refractivity contribution in [1.82, 2.24) is 0 Å². The lowest BCUT2D eigenvalue weighted by molar-refractivity contribution is -0.161. The van der Waals surface area contributed by atoms with Crippen molar-refractivity contribution in [3.8, 4) is 0 Å². The Hall–Kier alpha value is -1.94. The molecule has 85 heavy (non-hydrogen) atoms. The van der Waals surface area contributed by atoms with E-state index in [1.54, 1.807) is 0 Å². The number of hydrogen-bond donors (Lipinski definition) is 3. The second-order valence-corrected chi connectivity index (χ2v) is 27.7. The maximum atomic E-state index is 13.0. The monoisotopic (exact) mass is 1250 g/mol. The molecule has 0 bridgehead atoms. The quantitative estimate of drug-likeness (QED) is 0.0222. The highest BCUT2D eigenvalue weighted by atomic mass is 31.2. The molecule has 0 aromatic rings. The summed E-state index contributed by atoms with van der Waals surface area (Å²) in [5, 5.41) is 10.5. The molecule has 0 aliphatic carbocycles. The topological polar surface area (TPSA) is 237 Å². The minimum Gasteiger partial charge on any atom is -0.462 e. The summed E-state index contributed by atoms with van der Waals surface area (Å²) in [6, 6.07) is 0. The molecule has 0 fully saturated rings. The third-order valence-electron chi connectivity index (χ3n) is 15.9. The second-order valence-electron chi connectivity index (χ2n) is 24.8. The van der Waals surface area contributed by atoms with Crippen LogP contribution in [-0.4, -0.2) is 96.7 Å². The first-order valence-electron chi connectivity index (χ1n) is 34.4. The minimum absolute atomic E-state index is 0.102. The van der Waals surface area contributed by atoms with Gasteiger partial charge in [-0.1, -0.05) is 273 Å². The van der Waals surface area contributed by atoms with Crippen LogP contribution < -0.4 is 0 Å². The van der Waals surface area contributed by atoms with E-state index in [1.807, 2.05) is 0 Å². The van der Waals surface area contributed by atoms with Gasteiger partial charge in [-0.3, -0.25) is 37.3 Å². The number of hydrogen-bond acceptors (Lipinski definition) is 15. The van der Waals surface area contributed by atoms with Gasteiger partial charge in [-0.2, -0.15) is 0 Å². The van der Waals surface area contributed by atoms with Crippen LogP contribution in [0.1, 0.15) is 325 Å².